The van der Waals surface area contributed by atoms with Gasteiger partial charge in [-0.3, -0.25) is 0 Å². The molecule has 88 valence electrons. The summed E-state index contributed by atoms with van der Waals surface area (Å²) in [7, 11) is 0. The number of halogens is 2. The first-order valence-corrected chi connectivity index (χ1v) is 5.22. The van der Waals surface area contributed by atoms with Crippen molar-refractivity contribution in [3.05, 3.63) is 47.0 Å². The molecule has 2 aromatic rings. The van der Waals surface area contributed by atoms with E-state index in [1.165, 1.54) is 24.4 Å². The Bertz CT molecular complexity index is 536. The van der Waals surface area contributed by atoms with Gasteiger partial charge in [-0.2, -0.15) is 4.98 Å². The Balaban J connectivity index is 2.22. The third-order valence-electron chi connectivity index (χ3n) is 2.00. The van der Waals surface area contributed by atoms with E-state index in [-0.39, 0.29) is 23.3 Å². The zero-order valence-electron chi connectivity index (χ0n) is 8.73. The molecule has 0 radical (unpaired) electrons. The number of hydrogen-bond acceptors (Lipinski definition) is 4. The van der Waals surface area contributed by atoms with Crippen molar-refractivity contribution in [3.8, 4) is 11.8 Å². The van der Waals surface area contributed by atoms with Crippen LogP contribution < -0.4 is 10.5 Å². The second-order valence-corrected chi connectivity index (χ2v) is 3.62. The molecule has 1 heterocycles. The lowest BCUT2D eigenvalue weighted by Gasteiger charge is -2.05. The van der Waals surface area contributed by atoms with Gasteiger partial charge in [-0.25, -0.2) is 9.37 Å². The van der Waals surface area contributed by atoms with Crippen molar-refractivity contribution >= 4 is 11.6 Å². The van der Waals surface area contributed by atoms with E-state index in [4.69, 9.17) is 22.1 Å². The van der Waals surface area contributed by atoms with Crippen LogP contribution >= 0.6 is 11.6 Å². The van der Waals surface area contributed by atoms with Crippen molar-refractivity contribution in [1.29, 1.82) is 0 Å². The standard InChI is InChI=1S/C11H9ClFN3O/c12-9-2-1-8(5-10(9)13)17-11-15-4-3-7(6-14)16-11/h1-5H,6,14H2. The predicted octanol–water partition coefficient (Wildman–Crippen LogP) is 2.52. The summed E-state index contributed by atoms with van der Waals surface area (Å²) in [4.78, 5) is 7.92. The molecule has 1 aromatic heterocycles. The van der Waals surface area contributed by atoms with Crippen molar-refractivity contribution in [2.24, 2.45) is 5.73 Å². The summed E-state index contributed by atoms with van der Waals surface area (Å²) in [5, 5.41) is 0.0361. The van der Waals surface area contributed by atoms with Gasteiger partial charge in [-0.1, -0.05) is 11.6 Å². The average molecular weight is 254 g/mol. The van der Waals surface area contributed by atoms with Crippen LogP contribution in [0.4, 0.5) is 4.39 Å². The van der Waals surface area contributed by atoms with Crippen LogP contribution in [-0.2, 0) is 6.54 Å². The van der Waals surface area contributed by atoms with Gasteiger partial charge in [0.05, 0.1) is 10.7 Å². The van der Waals surface area contributed by atoms with Crippen LogP contribution in [0.5, 0.6) is 11.8 Å². The van der Waals surface area contributed by atoms with Gasteiger partial charge in [0, 0.05) is 18.8 Å². The molecule has 2 rings (SSSR count). The van der Waals surface area contributed by atoms with Crippen LogP contribution in [0.25, 0.3) is 0 Å². The molecule has 0 aliphatic heterocycles. The lowest BCUT2D eigenvalue weighted by molar-refractivity contribution is 0.435. The molecule has 17 heavy (non-hydrogen) atoms. The van der Waals surface area contributed by atoms with E-state index < -0.39 is 5.82 Å². The molecule has 0 unspecified atom stereocenters. The molecule has 4 nitrogen and oxygen atoms in total. The highest BCUT2D eigenvalue weighted by Gasteiger charge is 2.05. The molecular weight excluding hydrogens is 245 g/mol. The van der Waals surface area contributed by atoms with Crippen LogP contribution in [0.3, 0.4) is 0 Å². The van der Waals surface area contributed by atoms with E-state index in [9.17, 15) is 4.39 Å². The molecule has 1 aromatic carbocycles. The third kappa shape index (κ3) is 2.89. The summed E-state index contributed by atoms with van der Waals surface area (Å²) < 4.78 is 18.4. The molecule has 0 saturated carbocycles. The largest absolute Gasteiger partial charge is 0.424 e. The Morgan fingerprint density at radius 1 is 1.35 bits per heavy atom. The number of rotatable bonds is 3. The quantitative estimate of drug-likeness (QED) is 0.913. The van der Waals surface area contributed by atoms with Crippen molar-refractivity contribution in [2.75, 3.05) is 0 Å². The first-order valence-electron chi connectivity index (χ1n) is 4.84. The van der Waals surface area contributed by atoms with Gasteiger partial charge >= 0.3 is 6.01 Å². The molecular formula is C11H9ClFN3O. The lowest BCUT2D eigenvalue weighted by atomic mass is 10.3. The van der Waals surface area contributed by atoms with E-state index in [0.717, 1.165) is 0 Å². The Labute approximate surface area is 102 Å². The van der Waals surface area contributed by atoms with E-state index in [1.807, 2.05) is 0 Å². The predicted molar refractivity (Wildman–Crippen MR) is 61.4 cm³/mol. The minimum absolute atomic E-state index is 0.0361. The highest BCUT2D eigenvalue weighted by molar-refractivity contribution is 6.30. The van der Waals surface area contributed by atoms with Crippen molar-refractivity contribution in [3.63, 3.8) is 0 Å². The van der Waals surface area contributed by atoms with Gasteiger partial charge in [0.25, 0.3) is 0 Å². The van der Waals surface area contributed by atoms with E-state index >= 15 is 0 Å². The Morgan fingerprint density at radius 3 is 2.88 bits per heavy atom. The summed E-state index contributed by atoms with van der Waals surface area (Å²) in [6.07, 6.45) is 1.52. The Morgan fingerprint density at radius 2 is 2.18 bits per heavy atom. The monoisotopic (exact) mass is 253 g/mol. The first-order chi connectivity index (χ1) is 8.19. The van der Waals surface area contributed by atoms with Gasteiger partial charge < -0.3 is 10.5 Å². The maximum atomic E-state index is 13.2. The van der Waals surface area contributed by atoms with Crippen molar-refractivity contribution in [2.45, 2.75) is 6.54 Å². The fraction of sp³-hybridized carbons (Fsp3) is 0.0909. The number of nitrogens with zero attached hydrogens (tertiary/aromatic N) is 2. The summed E-state index contributed by atoms with van der Waals surface area (Å²) in [6, 6.07) is 5.90. The van der Waals surface area contributed by atoms with Crippen molar-refractivity contribution in [1.82, 2.24) is 9.97 Å². The fourth-order valence-electron chi connectivity index (χ4n) is 1.18. The highest BCUT2D eigenvalue weighted by Crippen LogP contribution is 2.23. The SMILES string of the molecule is NCc1ccnc(Oc2ccc(Cl)c(F)c2)n1. The second-order valence-electron chi connectivity index (χ2n) is 3.21. The summed E-state index contributed by atoms with van der Waals surface area (Å²) >= 11 is 5.55. The maximum absolute atomic E-state index is 13.2. The zero-order valence-corrected chi connectivity index (χ0v) is 9.49. The Kier molecular flexibility index (Phi) is 3.51. The van der Waals surface area contributed by atoms with E-state index in [1.54, 1.807) is 6.07 Å². The molecule has 0 aliphatic carbocycles. The molecule has 0 bridgehead atoms. The van der Waals surface area contributed by atoms with Gasteiger partial charge in [0.2, 0.25) is 0 Å². The fourth-order valence-corrected chi connectivity index (χ4v) is 1.30. The molecule has 2 N–H and O–H groups in total. The average Bonchev–Trinajstić information content (AvgIpc) is 2.34. The molecule has 0 amide bonds. The van der Waals surface area contributed by atoms with Gasteiger partial charge in [-0.05, 0) is 18.2 Å². The molecule has 0 aliphatic rings. The first kappa shape index (κ1) is 11.8. The summed E-state index contributed by atoms with van der Waals surface area (Å²) in [5.74, 6) is -0.278. The highest BCUT2D eigenvalue weighted by atomic mass is 35.5. The molecule has 0 fully saturated rings. The number of ether oxygens (including phenoxy) is 1. The third-order valence-corrected chi connectivity index (χ3v) is 2.31. The lowest BCUT2D eigenvalue weighted by Crippen LogP contribution is -2.01. The minimum Gasteiger partial charge on any atom is -0.424 e. The molecule has 0 spiro atoms. The summed E-state index contributed by atoms with van der Waals surface area (Å²) in [6.45, 7) is 0.286. The minimum atomic E-state index is -0.556. The van der Waals surface area contributed by atoms with E-state index in [2.05, 4.69) is 9.97 Å². The molecule has 6 heteroatoms. The second kappa shape index (κ2) is 5.07. The molecule has 0 atom stereocenters. The maximum Gasteiger partial charge on any atom is 0.322 e. The van der Waals surface area contributed by atoms with Crippen LogP contribution in [0.15, 0.2) is 30.5 Å². The number of aromatic nitrogens is 2. The van der Waals surface area contributed by atoms with Crippen LogP contribution in [0, 0.1) is 5.82 Å². The number of hydrogen-bond donors (Lipinski definition) is 1. The van der Waals surface area contributed by atoms with E-state index in [0.29, 0.717) is 5.69 Å². The normalized spacial score (nSPS) is 10.3. The topological polar surface area (TPSA) is 61.0 Å². The smallest absolute Gasteiger partial charge is 0.322 e. The summed E-state index contributed by atoms with van der Waals surface area (Å²) in [5.41, 5.74) is 6.08. The van der Waals surface area contributed by atoms with Gasteiger partial charge in [0.15, 0.2) is 0 Å². The van der Waals surface area contributed by atoms with Crippen LogP contribution in [0.2, 0.25) is 5.02 Å². The van der Waals surface area contributed by atoms with Crippen LogP contribution in [-0.4, -0.2) is 9.97 Å². The zero-order chi connectivity index (χ0) is 12.3. The van der Waals surface area contributed by atoms with Gasteiger partial charge in [0.1, 0.15) is 11.6 Å². The molecule has 0 saturated heterocycles. The van der Waals surface area contributed by atoms with Gasteiger partial charge in [-0.15, -0.1) is 0 Å². The number of benzene rings is 1. The van der Waals surface area contributed by atoms with Crippen LogP contribution in [0.1, 0.15) is 5.69 Å². The van der Waals surface area contributed by atoms with Crippen molar-refractivity contribution < 1.29 is 9.13 Å². The Hall–Kier alpha value is -1.72. The number of nitrogens with two attached hydrogens (primary N) is 1.